The highest BCUT2D eigenvalue weighted by molar-refractivity contribution is 6.36. The topological polar surface area (TPSA) is 46.2 Å². The standard InChI is InChI=1S/C8H7Cl2F.C8H13NO/c1-2-5-6(9)3-4-7(11)8(5)10;1-4-7(9)5-8(10)6(2)3/h3-4H,2H2,1H3;4-5,10H,1,9H2,2-3H3/b;7-5-. The Labute approximate surface area is 135 Å². The average Bonchev–Trinajstić information content (AvgIpc) is 2.44. The number of hydrogen-bond donors (Lipinski definition) is 2. The predicted octanol–water partition coefficient (Wildman–Crippen LogP) is 5.56. The van der Waals surface area contributed by atoms with Gasteiger partial charge in [0.05, 0.1) is 5.02 Å². The number of hydrogen-bond acceptors (Lipinski definition) is 2. The van der Waals surface area contributed by atoms with Crippen LogP contribution in [0.15, 0.2) is 47.9 Å². The number of benzene rings is 1. The molecule has 1 aromatic rings. The van der Waals surface area contributed by atoms with Crippen molar-refractivity contribution in [3.63, 3.8) is 0 Å². The van der Waals surface area contributed by atoms with Crippen LogP contribution in [0.1, 0.15) is 26.3 Å². The van der Waals surface area contributed by atoms with Gasteiger partial charge in [-0.1, -0.05) is 36.7 Å². The van der Waals surface area contributed by atoms with Gasteiger partial charge in [0.25, 0.3) is 0 Å². The molecule has 116 valence electrons. The van der Waals surface area contributed by atoms with Crippen molar-refractivity contribution in [1.29, 1.82) is 0 Å². The predicted molar refractivity (Wildman–Crippen MR) is 89.3 cm³/mol. The lowest BCUT2D eigenvalue weighted by Gasteiger charge is -2.03. The van der Waals surface area contributed by atoms with Crippen molar-refractivity contribution in [3.8, 4) is 0 Å². The van der Waals surface area contributed by atoms with Crippen LogP contribution in [0.3, 0.4) is 0 Å². The van der Waals surface area contributed by atoms with E-state index in [2.05, 4.69) is 6.58 Å². The molecule has 0 heterocycles. The van der Waals surface area contributed by atoms with Crippen LogP contribution < -0.4 is 5.73 Å². The molecule has 0 aliphatic rings. The molecule has 0 bridgehead atoms. The number of nitrogens with two attached hydrogens (primary N) is 1. The number of aliphatic hydroxyl groups excluding tert-OH is 1. The van der Waals surface area contributed by atoms with Gasteiger partial charge < -0.3 is 10.8 Å². The molecule has 1 aromatic carbocycles. The van der Waals surface area contributed by atoms with E-state index in [4.69, 9.17) is 34.0 Å². The quantitative estimate of drug-likeness (QED) is 0.432. The minimum absolute atomic E-state index is 0.139. The van der Waals surface area contributed by atoms with E-state index in [1.807, 2.05) is 20.8 Å². The summed E-state index contributed by atoms with van der Waals surface area (Å²) in [6.45, 7) is 8.94. The molecule has 2 nitrogen and oxygen atoms in total. The fourth-order valence-corrected chi connectivity index (χ4v) is 1.89. The molecule has 0 radical (unpaired) electrons. The highest BCUT2D eigenvalue weighted by Gasteiger charge is 2.07. The van der Waals surface area contributed by atoms with E-state index in [0.717, 1.165) is 5.57 Å². The molecule has 0 atom stereocenters. The van der Waals surface area contributed by atoms with Crippen molar-refractivity contribution in [1.82, 2.24) is 0 Å². The first-order valence-corrected chi connectivity index (χ1v) is 7.08. The van der Waals surface area contributed by atoms with Gasteiger partial charge in [0.15, 0.2) is 0 Å². The first-order chi connectivity index (χ1) is 9.74. The van der Waals surface area contributed by atoms with Gasteiger partial charge in [-0.25, -0.2) is 4.39 Å². The Balaban J connectivity index is 0.000000384. The van der Waals surface area contributed by atoms with Crippen LogP contribution in [0.25, 0.3) is 0 Å². The summed E-state index contributed by atoms with van der Waals surface area (Å²) in [5.74, 6) is -0.203. The van der Waals surface area contributed by atoms with Crippen molar-refractivity contribution in [2.24, 2.45) is 5.73 Å². The Hall–Kier alpha value is -1.45. The molecular weight excluding hydrogens is 312 g/mol. The number of allylic oxidation sites excluding steroid dienone is 3. The number of halogens is 3. The van der Waals surface area contributed by atoms with Gasteiger partial charge in [0, 0.05) is 16.8 Å². The molecule has 1 rings (SSSR count). The largest absolute Gasteiger partial charge is 0.508 e. The highest BCUT2D eigenvalue weighted by Crippen LogP contribution is 2.27. The zero-order valence-corrected chi connectivity index (χ0v) is 13.9. The van der Waals surface area contributed by atoms with Crippen molar-refractivity contribution in [2.45, 2.75) is 27.2 Å². The van der Waals surface area contributed by atoms with Crippen LogP contribution in [0, 0.1) is 5.82 Å². The minimum atomic E-state index is -0.409. The molecular formula is C16H20Cl2FNO. The maximum absolute atomic E-state index is 12.8. The molecule has 0 unspecified atom stereocenters. The zero-order chi connectivity index (χ0) is 16.6. The van der Waals surface area contributed by atoms with Crippen LogP contribution in [0.4, 0.5) is 4.39 Å². The Morgan fingerprint density at radius 1 is 1.38 bits per heavy atom. The lowest BCUT2D eigenvalue weighted by molar-refractivity contribution is 0.425. The summed E-state index contributed by atoms with van der Waals surface area (Å²) in [5, 5.41) is 9.77. The smallest absolute Gasteiger partial charge is 0.142 e. The van der Waals surface area contributed by atoms with E-state index in [-0.39, 0.29) is 10.8 Å². The molecule has 0 saturated carbocycles. The summed E-state index contributed by atoms with van der Waals surface area (Å²) in [6.07, 6.45) is 3.61. The fraction of sp³-hybridized carbons (Fsp3) is 0.250. The maximum atomic E-state index is 12.8. The van der Waals surface area contributed by atoms with E-state index in [0.29, 0.717) is 22.7 Å². The maximum Gasteiger partial charge on any atom is 0.142 e. The van der Waals surface area contributed by atoms with Gasteiger partial charge >= 0.3 is 0 Å². The molecule has 0 aromatic heterocycles. The van der Waals surface area contributed by atoms with Crippen LogP contribution in [-0.2, 0) is 6.42 Å². The van der Waals surface area contributed by atoms with Gasteiger partial charge in [-0.05, 0) is 49.6 Å². The molecule has 0 spiro atoms. The lowest BCUT2D eigenvalue weighted by atomic mass is 10.2. The van der Waals surface area contributed by atoms with Crippen LogP contribution in [0.5, 0.6) is 0 Å². The van der Waals surface area contributed by atoms with Crippen molar-refractivity contribution < 1.29 is 9.50 Å². The average molecular weight is 332 g/mol. The van der Waals surface area contributed by atoms with Gasteiger partial charge in [0.2, 0.25) is 0 Å². The van der Waals surface area contributed by atoms with Gasteiger partial charge in [-0.2, -0.15) is 0 Å². The van der Waals surface area contributed by atoms with Gasteiger partial charge in [-0.15, -0.1) is 0 Å². The first-order valence-electron chi connectivity index (χ1n) is 6.32. The minimum Gasteiger partial charge on any atom is -0.508 e. The summed E-state index contributed by atoms with van der Waals surface area (Å²) in [6, 6.07) is 2.78. The molecule has 0 fully saturated rings. The van der Waals surface area contributed by atoms with Crippen molar-refractivity contribution in [3.05, 3.63) is 69.3 Å². The fourth-order valence-electron chi connectivity index (χ4n) is 1.25. The third-order valence-electron chi connectivity index (χ3n) is 2.54. The van der Waals surface area contributed by atoms with E-state index < -0.39 is 5.82 Å². The summed E-state index contributed by atoms with van der Waals surface area (Å²) in [5.41, 5.74) is 7.34. The van der Waals surface area contributed by atoms with E-state index >= 15 is 0 Å². The highest BCUT2D eigenvalue weighted by atomic mass is 35.5. The molecule has 21 heavy (non-hydrogen) atoms. The van der Waals surface area contributed by atoms with Crippen molar-refractivity contribution in [2.75, 3.05) is 0 Å². The summed E-state index contributed by atoms with van der Waals surface area (Å²) >= 11 is 11.4. The molecule has 0 amide bonds. The van der Waals surface area contributed by atoms with Crippen LogP contribution in [-0.4, -0.2) is 5.11 Å². The van der Waals surface area contributed by atoms with E-state index in [1.54, 1.807) is 0 Å². The SMILES string of the molecule is C=C/C(N)=C/C(O)=C(C)C.CCc1c(Cl)ccc(F)c1Cl. The third-order valence-corrected chi connectivity index (χ3v) is 3.31. The van der Waals surface area contributed by atoms with E-state index in [9.17, 15) is 4.39 Å². The second-order valence-corrected chi connectivity index (χ2v) is 5.19. The third kappa shape index (κ3) is 6.69. The molecule has 0 aliphatic carbocycles. The molecule has 0 aliphatic heterocycles. The first kappa shape index (κ1) is 19.6. The van der Waals surface area contributed by atoms with Crippen molar-refractivity contribution >= 4 is 23.2 Å². The second-order valence-electron chi connectivity index (χ2n) is 4.41. The number of aliphatic hydroxyl groups is 1. The monoisotopic (exact) mass is 331 g/mol. The normalized spacial score (nSPS) is 10.5. The Bertz CT molecular complexity index is 562. The zero-order valence-electron chi connectivity index (χ0n) is 12.4. The second kappa shape index (κ2) is 9.48. The molecule has 5 heteroatoms. The Kier molecular flexibility index (Phi) is 8.83. The lowest BCUT2D eigenvalue weighted by Crippen LogP contribution is -1.93. The Morgan fingerprint density at radius 3 is 2.33 bits per heavy atom. The molecule has 3 N–H and O–H groups in total. The Morgan fingerprint density at radius 2 is 1.95 bits per heavy atom. The van der Waals surface area contributed by atoms with Gasteiger partial charge in [0.1, 0.15) is 11.6 Å². The number of rotatable bonds is 3. The van der Waals surface area contributed by atoms with Crippen LogP contribution >= 0.6 is 23.2 Å². The summed E-state index contributed by atoms with van der Waals surface area (Å²) in [7, 11) is 0. The van der Waals surface area contributed by atoms with Gasteiger partial charge in [-0.3, -0.25) is 0 Å². The summed E-state index contributed by atoms with van der Waals surface area (Å²) < 4.78 is 12.8. The summed E-state index contributed by atoms with van der Waals surface area (Å²) in [4.78, 5) is 0. The van der Waals surface area contributed by atoms with Crippen LogP contribution in [0.2, 0.25) is 10.0 Å². The van der Waals surface area contributed by atoms with E-state index in [1.165, 1.54) is 24.3 Å². The molecule has 0 saturated heterocycles.